The Kier molecular flexibility index (Phi) is 12.8. The standard InChI is InChI=1S/C16H20ClFN2.C8H5F2NO3.C6H4ClF/c1-16(2,3)7-14-11(8-19)12(9-20-14)10-5-4-6-13(17)15(10)18;9-5-2-7(11-3-12)6(10)1-4(5)8(13)14;7-5-2-1-3-6(8)4-5/h4-6,11-12,14,20H,7,9H2,1-3H3;1-3H,(H,11,12)(H,13,14);1-4H. The van der Waals surface area contributed by atoms with Crippen molar-refractivity contribution in [3.63, 3.8) is 0 Å². The number of carboxylic acid groups (broad SMARTS) is 1. The molecule has 224 valence electrons. The van der Waals surface area contributed by atoms with E-state index in [-0.39, 0.29) is 40.5 Å². The molecule has 12 heteroatoms. The normalized spacial score (nSPS) is 17.6. The quantitative estimate of drug-likeness (QED) is 0.198. The molecule has 1 saturated heterocycles. The highest BCUT2D eigenvalue weighted by atomic mass is 35.5. The van der Waals surface area contributed by atoms with Crippen molar-refractivity contribution in [2.45, 2.75) is 39.2 Å². The van der Waals surface area contributed by atoms with Gasteiger partial charge in [-0.3, -0.25) is 4.79 Å². The lowest BCUT2D eigenvalue weighted by Crippen LogP contribution is -2.31. The zero-order valence-corrected chi connectivity index (χ0v) is 24.4. The van der Waals surface area contributed by atoms with E-state index in [0.717, 1.165) is 6.42 Å². The molecule has 0 radical (unpaired) electrons. The maximum absolute atomic E-state index is 14.2. The molecular formula is C30H29Cl2F4N3O3. The fourth-order valence-corrected chi connectivity index (χ4v) is 4.67. The third-order valence-electron chi connectivity index (χ3n) is 6.12. The van der Waals surface area contributed by atoms with Crippen LogP contribution in [0.2, 0.25) is 10.0 Å². The van der Waals surface area contributed by atoms with E-state index in [2.05, 4.69) is 32.2 Å². The van der Waals surface area contributed by atoms with Crippen molar-refractivity contribution < 1.29 is 32.3 Å². The van der Waals surface area contributed by atoms with Gasteiger partial charge in [0.25, 0.3) is 0 Å². The molecule has 1 heterocycles. The lowest BCUT2D eigenvalue weighted by atomic mass is 9.79. The third kappa shape index (κ3) is 10.0. The molecule has 1 fully saturated rings. The van der Waals surface area contributed by atoms with Crippen molar-refractivity contribution in [1.29, 1.82) is 5.26 Å². The molecule has 0 saturated carbocycles. The lowest BCUT2D eigenvalue weighted by molar-refractivity contribution is -0.105. The van der Waals surface area contributed by atoms with Crippen molar-refractivity contribution in [3.8, 4) is 6.07 Å². The Balaban J connectivity index is 0.000000242. The number of nitrogens with zero attached hydrogens (tertiary/aromatic N) is 1. The van der Waals surface area contributed by atoms with Gasteiger partial charge < -0.3 is 15.7 Å². The summed E-state index contributed by atoms with van der Waals surface area (Å²) < 4.78 is 52.1. The van der Waals surface area contributed by atoms with Crippen LogP contribution in [0.4, 0.5) is 23.2 Å². The summed E-state index contributed by atoms with van der Waals surface area (Å²) in [6.07, 6.45) is 1.06. The molecular weight excluding hydrogens is 597 g/mol. The first-order valence-corrected chi connectivity index (χ1v) is 13.3. The first-order valence-electron chi connectivity index (χ1n) is 12.6. The van der Waals surface area contributed by atoms with Crippen LogP contribution in [0.1, 0.15) is 49.0 Å². The summed E-state index contributed by atoms with van der Waals surface area (Å²) in [5.41, 5.74) is -0.497. The Labute approximate surface area is 251 Å². The van der Waals surface area contributed by atoms with Gasteiger partial charge in [-0.2, -0.15) is 5.26 Å². The molecule has 0 aromatic heterocycles. The minimum absolute atomic E-state index is 0.100. The largest absolute Gasteiger partial charge is 0.478 e. The number of nitriles is 1. The van der Waals surface area contributed by atoms with E-state index in [1.165, 1.54) is 18.2 Å². The van der Waals surface area contributed by atoms with Gasteiger partial charge in [-0.15, -0.1) is 0 Å². The highest BCUT2D eigenvalue weighted by molar-refractivity contribution is 6.31. The predicted octanol–water partition coefficient (Wildman–Crippen LogP) is 7.82. The number of anilines is 1. The monoisotopic (exact) mass is 625 g/mol. The molecule has 3 N–H and O–H groups in total. The highest BCUT2D eigenvalue weighted by Gasteiger charge is 2.39. The summed E-state index contributed by atoms with van der Waals surface area (Å²) >= 11 is 11.3. The Hall–Kier alpha value is -3.65. The van der Waals surface area contributed by atoms with Gasteiger partial charge in [0.15, 0.2) is 0 Å². The molecule has 3 aromatic carbocycles. The molecule has 1 aliphatic rings. The Morgan fingerprint density at radius 2 is 1.76 bits per heavy atom. The number of carbonyl (C=O) groups is 2. The van der Waals surface area contributed by atoms with Crippen LogP contribution < -0.4 is 10.6 Å². The third-order valence-corrected chi connectivity index (χ3v) is 6.64. The van der Waals surface area contributed by atoms with Crippen LogP contribution in [0, 0.1) is 45.9 Å². The number of nitrogens with one attached hydrogen (secondary N) is 2. The number of amides is 1. The molecule has 1 amide bonds. The van der Waals surface area contributed by atoms with Gasteiger partial charge in [-0.25, -0.2) is 22.4 Å². The highest BCUT2D eigenvalue weighted by Crippen LogP contribution is 2.38. The molecule has 6 nitrogen and oxygen atoms in total. The number of rotatable bonds is 5. The van der Waals surface area contributed by atoms with Gasteiger partial charge in [0, 0.05) is 29.6 Å². The number of halogens is 6. The summed E-state index contributed by atoms with van der Waals surface area (Å²) in [7, 11) is 0. The molecule has 0 bridgehead atoms. The van der Waals surface area contributed by atoms with E-state index >= 15 is 0 Å². The second-order valence-corrected chi connectivity index (χ2v) is 11.3. The van der Waals surface area contributed by atoms with Crippen LogP contribution in [-0.4, -0.2) is 30.1 Å². The van der Waals surface area contributed by atoms with Gasteiger partial charge in [-0.1, -0.05) is 62.2 Å². The summed E-state index contributed by atoms with van der Waals surface area (Å²) in [5, 5.41) is 23.7. The summed E-state index contributed by atoms with van der Waals surface area (Å²) in [6.45, 7) is 7.07. The van der Waals surface area contributed by atoms with Crippen LogP contribution in [0.5, 0.6) is 0 Å². The molecule has 3 aromatic rings. The summed E-state index contributed by atoms with van der Waals surface area (Å²) in [4.78, 5) is 20.3. The first kappa shape index (κ1) is 34.6. The average molecular weight is 626 g/mol. The van der Waals surface area contributed by atoms with E-state index in [1.807, 2.05) is 5.32 Å². The van der Waals surface area contributed by atoms with Gasteiger partial charge >= 0.3 is 5.97 Å². The number of carboxylic acids is 1. The number of aromatic carboxylic acids is 1. The SMILES string of the molecule is CC(C)(C)CC1NCC(c2cccc(Cl)c2F)C1C#N.Fc1cccc(Cl)c1.O=CNc1cc(F)c(C(=O)O)cc1F. The Bertz CT molecular complexity index is 1430. The minimum atomic E-state index is -1.57. The van der Waals surface area contributed by atoms with Gasteiger partial charge in [0.1, 0.15) is 23.3 Å². The van der Waals surface area contributed by atoms with E-state index in [4.69, 9.17) is 28.3 Å². The molecule has 3 unspecified atom stereocenters. The van der Waals surface area contributed by atoms with Gasteiger partial charge in [-0.05, 0) is 47.7 Å². The van der Waals surface area contributed by atoms with Crippen molar-refractivity contribution in [2.75, 3.05) is 11.9 Å². The van der Waals surface area contributed by atoms with Crippen LogP contribution in [0.15, 0.2) is 54.6 Å². The topological polar surface area (TPSA) is 102 Å². The number of benzene rings is 3. The lowest BCUT2D eigenvalue weighted by Gasteiger charge is -2.26. The second-order valence-electron chi connectivity index (χ2n) is 10.5. The number of carbonyl (C=O) groups excluding carboxylic acids is 1. The van der Waals surface area contributed by atoms with Crippen LogP contribution in [0.3, 0.4) is 0 Å². The Morgan fingerprint density at radius 3 is 2.29 bits per heavy atom. The van der Waals surface area contributed by atoms with Crippen LogP contribution in [-0.2, 0) is 4.79 Å². The molecule has 4 rings (SSSR count). The van der Waals surface area contributed by atoms with Crippen molar-refractivity contribution in [3.05, 3.63) is 99.0 Å². The second kappa shape index (κ2) is 15.5. The maximum atomic E-state index is 14.2. The predicted molar refractivity (Wildman–Crippen MR) is 154 cm³/mol. The molecule has 3 atom stereocenters. The average Bonchev–Trinajstić information content (AvgIpc) is 3.28. The van der Waals surface area contributed by atoms with Crippen LogP contribution in [0.25, 0.3) is 0 Å². The van der Waals surface area contributed by atoms with Crippen LogP contribution >= 0.6 is 23.2 Å². The smallest absolute Gasteiger partial charge is 0.338 e. The summed E-state index contributed by atoms with van der Waals surface area (Å²) in [5.74, 6) is -4.72. The van der Waals surface area contributed by atoms with E-state index in [1.54, 1.807) is 24.3 Å². The fourth-order valence-electron chi connectivity index (χ4n) is 4.31. The van der Waals surface area contributed by atoms with Crippen molar-refractivity contribution in [1.82, 2.24) is 5.32 Å². The van der Waals surface area contributed by atoms with Gasteiger partial charge in [0.2, 0.25) is 6.41 Å². The zero-order valence-electron chi connectivity index (χ0n) is 22.9. The fraction of sp³-hybridized carbons (Fsp3) is 0.300. The molecule has 1 aliphatic heterocycles. The maximum Gasteiger partial charge on any atom is 0.338 e. The molecule has 0 aliphatic carbocycles. The number of hydrogen-bond acceptors (Lipinski definition) is 4. The molecule has 0 spiro atoms. The zero-order chi connectivity index (χ0) is 31.6. The van der Waals surface area contributed by atoms with E-state index < -0.39 is 34.7 Å². The first-order chi connectivity index (χ1) is 19.7. The van der Waals surface area contributed by atoms with E-state index in [9.17, 15) is 32.4 Å². The summed E-state index contributed by atoms with van der Waals surface area (Å²) in [6, 6.07) is 14.4. The minimum Gasteiger partial charge on any atom is -0.478 e. The van der Waals surface area contributed by atoms with Crippen molar-refractivity contribution >= 4 is 41.3 Å². The Morgan fingerprint density at radius 1 is 1.10 bits per heavy atom. The number of hydrogen-bond donors (Lipinski definition) is 3. The molecule has 42 heavy (non-hydrogen) atoms. The van der Waals surface area contributed by atoms with E-state index in [0.29, 0.717) is 29.3 Å². The van der Waals surface area contributed by atoms with Gasteiger partial charge in [0.05, 0.1) is 28.3 Å². The van der Waals surface area contributed by atoms with Crippen molar-refractivity contribution in [2.24, 2.45) is 11.3 Å².